The van der Waals surface area contributed by atoms with E-state index < -0.39 is 0 Å². The number of aryl methyl sites for hydroxylation is 3. The molecule has 0 saturated carbocycles. The first kappa shape index (κ1) is 22.1. The predicted octanol–water partition coefficient (Wildman–Crippen LogP) is 3.71. The Morgan fingerprint density at radius 2 is 1.83 bits per heavy atom. The Labute approximate surface area is 210 Å². The molecule has 0 spiro atoms. The molecule has 6 heterocycles. The lowest BCUT2D eigenvalue weighted by Gasteiger charge is -2.34. The van der Waals surface area contributed by atoms with Gasteiger partial charge in [0, 0.05) is 49.9 Å². The Morgan fingerprint density at radius 3 is 2.77 bits per heavy atom. The SMILES string of the molecule is C1CCc2nnc([C@H]3CCCN(c4nc(CN5CCOCC5)nc5sc6c(c45)CCC6)C3)n2CC1. The Hall–Kier alpha value is -2.10. The number of hydrogen-bond donors (Lipinski definition) is 0. The summed E-state index contributed by atoms with van der Waals surface area (Å²) in [5.41, 5.74) is 1.52. The van der Waals surface area contributed by atoms with E-state index in [1.54, 1.807) is 0 Å². The van der Waals surface area contributed by atoms with E-state index in [-0.39, 0.29) is 0 Å². The number of aromatic nitrogens is 5. The first-order valence-electron chi connectivity index (χ1n) is 13.6. The van der Waals surface area contributed by atoms with Crippen molar-refractivity contribution in [2.24, 2.45) is 0 Å². The zero-order valence-electron chi connectivity index (χ0n) is 20.5. The van der Waals surface area contributed by atoms with Crippen LogP contribution in [0.3, 0.4) is 0 Å². The molecule has 4 aliphatic rings. The van der Waals surface area contributed by atoms with Crippen LogP contribution in [0.15, 0.2) is 0 Å². The average molecular weight is 494 g/mol. The largest absolute Gasteiger partial charge is 0.379 e. The molecular formula is C26H35N7OS. The van der Waals surface area contributed by atoms with Crippen molar-refractivity contribution in [1.82, 2.24) is 29.6 Å². The summed E-state index contributed by atoms with van der Waals surface area (Å²) in [7, 11) is 0. The molecule has 0 bridgehead atoms. The van der Waals surface area contributed by atoms with Crippen molar-refractivity contribution in [2.75, 3.05) is 44.3 Å². The molecule has 7 rings (SSSR count). The second-order valence-corrected chi connectivity index (χ2v) is 11.7. The number of anilines is 1. The third-order valence-corrected chi connectivity index (χ3v) is 9.47. The van der Waals surface area contributed by atoms with Crippen LogP contribution in [0.1, 0.15) is 72.4 Å². The molecule has 2 fully saturated rings. The van der Waals surface area contributed by atoms with Crippen LogP contribution in [0.2, 0.25) is 0 Å². The molecule has 9 heteroatoms. The third-order valence-electron chi connectivity index (χ3n) is 8.28. The fourth-order valence-corrected chi connectivity index (χ4v) is 7.74. The van der Waals surface area contributed by atoms with E-state index in [0.717, 1.165) is 64.7 Å². The first-order chi connectivity index (χ1) is 17.3. The van der Waals surface area contributed by atoms with E-state index in [4.69, 9.17) is 19.8 Å². The number of ether oxygens (including phenoxy) is 1. The van der Waals surface area contributed by atoms with Crippen LogP contribution in [-0.4, -0.2) is 69.0 Å². The molecule has 0 radical (unpaired) electrons. The fourth-order valence-electron chi connectivity index (χ4n) is 6.47. The molecule has 8 nitrogen and oxygen atoms in total. The average Bonchev–Trinajstić information content (AvgIpc) is 3.55. The molecule has 35 heavy (non-hydrogen) atoms. The highest BCUT2D eigenvalue weighted by Gasteiger charge is 2.31. The topological polar surface area (TPSA) is 72.2 Å². The summed E-state index contributed by atoms with van der Waals surface area (Å²) in [6.45, 7) is 7.45. The van der Waals surface area contributed by atoms with Gasteiger partial charge in [0.05, 0.1) is 25.1 Å². The van der Waals surface area contributed by atoms with Crippen LogP contribution in [0.4, 0.5) is 5.82 Å². The summed E-state index contributed by atoms with van der Waals surface area (Å²) in [6, 6.07) is 0. The molecule has 0 unspecified atom stereocenters. The van der Waals surface area contributed by atoms with Crippen molar-refractivity contribution < 1.29 is 4.74 Å². The normalized spacial score (nSPS) is 23.4. The zero-order valence-corrected chi connectivity index (χ0v) is 21.4. The number of piperidine rings is 1. The molecule has 186 valence electrons. The summed E-state index contributed by atoms with van der Waals surface area (Å²) in [5, 5.41) is 10.7. The van der Waals surface area contributed by atoms with Gasteiger partial charge in [-0.1, -0.05) is 6.42 Å². The number of morpholine rings is 1. The maximum absolute atomic E-state index is 5.56. The predicted molar refractivity (Wildman–Crippen MR) is 137 cm³/mol. The van der Waals surface area contributed by atoms with Gasteiger partial charge in [-0.2, -0.15) is 0 Å². The second-order valence-electron chi connectivity index (χ2n) is 10.6. The van der Waals surface area contributed by atoms with Crippen molar-refractivity contribution in [3.63, 3.8) is 0 Å². The summed E-state index contributed by atoms with van der Waals surface area (Å²) in [4.78, 5) is 18.1. The molecule has 1 aliphatic carbocycles. The van der Waals surface area contributed by atoms with Crippen molar-refractivity contribution >= 4 is 27.4 Å². The lowest BCUT2D eigenvalue weighted by molar-refractivity contribution is 0.0331. The summed E-state index contributed by atoms with van der Waals surface area (Å²) < 4.78 is 8.01. The van der Waals surface area contributed by atoms with Gasteiger partial charge in [-0.05, 0) is 50.5 Å². The summed E-state index contributed by atoms with van der Waals surface area (Å²) >= 11 is 1.91. The van der Waals surface area contributed by atoms with Crippen LogP contribution in [0.5, 0.6) is 0 Å². The monoisotopic (exact) mass is 493 g/mol. The van der Waals surface area contributed by atoms with Crippen LogP contribution < -0.4 is 4.90 Å². The summed E-state index contributed by atoms with van der Waals surface area (Å²) in [5.74, 6) is 4.97. The van der Waals surface area contributed by atoms with Crippen LogP contribution >= 0.6 is 11.3 Å². The molecule has 0 amide bonds. The van der Waals surface area contributed by atoms with E-state index in [1.165, 1.54) is 89.5 Å². The minimum absolute atomic E-state index is 0.419. The van der Waals surface area contributed by atoms with Gasteiger partial charge in [0.2, 0.25) is 0 Å². The highest BCUT2D eigenvalue weighted by Crippen LogP contribution is 2.42. The third kappa shape index (κ3) is 4.15. The fraction of sp³-hybridized carbons (Fsp3) is 0.692. The van der Waals surface area contributed by atoms with Crippen molar-refractivity contribution in [1.29, 1.82) is 0 Å². The first-order valence-corrected chi connectivity index (χ1v) is 14.4. The maximum Gasteiger partial charge on any atom is 0.146 e. The number of nitrogens with zero attached hydrogens (tertiary/aromatic N) is 7. The van der Waals surface area contributed by atoms with E-state index in [1.807, 2.05) is 11.3 Å². The van der Waals surface area contributed by atoms with Gasteiger partial charge in [0.15, 0.2) is 0 Å². The number of thiophene rings is 1. The highest BCUT2D eigenvalue weighted by molar-refractivity contribution is 7.19. The van der Waals surface area contributed by atoms with Crippen LogP contribution in [0.25, 0.3) is 10.2 Å². The Balaban J connectivity index is 1.23. The van der Waals surface area contributed by atoms with Gasteiger partial charge in [-0.3, -0.25) is 4.90 Å². The lowest BCUT2D eigenvalue weighted by Crippen LogP contribution is -2.37. The highest BCUT2D eigenvalue weighted by atomic mass is 32.1. The lowest BCUT2D eigenvalue weighted by atomic mass is 9.96. The Bertz CT molecular complexity index is 1210. The maximum atomic E-state index is 5.56. The van der Waals surface area contributed by atoms with Crippen molar-refractivity contribution in [3.05, 3.63) is 27.9 Å². The van der Waals surface area contributed by atoms with E-state index >= 15 is 0 Å². The molecule has 3 aliphatic heterocycles. The molecule has 3 aromatic heterocycles. The van der Waals surface area contributed by atoms with Crippen LogP contribution in [0, 0.1) is 0 Å². The minimum atomic E-state index is 0.419. The number of hydrogen-bond acceptors (Lipinski definition) is 8. The van der Waals surface area contributed by atoms with Crippen molar-refractivity contribution in [3.8, 4) is 0 Å². The quantitative estimate of drug-likeness (QED) is 0.549. The van der Waals surface area contributed by atoms with Gasteiger partial charge >= 0.3 is 0 Å². The van der Waals surface area contributed by atoms with E-state index in [9.17, 15) is 0 Å². The van der Waals surface area contributed by atoms with Gasteiger partial charge in [-0.15, -0.1) is 21.5 Å². The number of rotatable bonds is 4. The Kier molecular flexibility index (Phi) is 5.95. The molecule has 0 N–H and O–H groups in total. The van der Waals surface area contributed by atoms with E-state index in [2.05, 4.69) is 19.5 Å². The Morgan fingerprint density at radius 1 is 0.886 bits per heavy atom. The summed E-state index contributed by atoms with van der Waals surface area (Å²) in [6.07, 6.45) is 10.8. The van der Waals surface area contributed by atoms with Crippen LogP contribution in [-0.2, 0) is 37.1 Å². The van der Waals surface area contributed by atoms with Crippen molar-refractivity contribution in [2.45, 2.75) is 76.8 Å². The zero-order chi connectivity index (χ0) is 23.2. The molecule has 3 aromatic rings. The molecule has 0 aromatic carbocycles. The standard InChI is InChI=1S/C26H35N7OS/c1-2-9-22-29-30-24(33(22)11-3-1)18-6-5-10-32(16-18)25-23-19-7-4-8-20(19)35-26(23)28-21(27-25)17-31-12-14-34-15-13-31/h18H,1-17H2/t18-/m0/s1. The van der Waals surface area contributed by atoms with Gasteiger partial charge in [0.25, 0.3) is 0 Å². The van der Waals surface area contributed by atoms with E-state index in [0.29, 0.717) is 5.92 Å². The van der Waals surface area contributed by atoms with Gasteiger partial charge in [-0.25, -0.2) is 9.97 Å². The molecule has 1 atom stereocenters. The molecular weight excluding hydrogens is 458 g/mol. The van der Waals surface area contributed by atoms with Gasteiger partial charge < -0.3 is 14.2 Å². The minimum Gasteiger partial charge on any atom is -0.379 e. The second kappa shape index (κ2) is 9.41. The van der Waals surface area contributed by atoms with Gasteiger partial charge in [0.1, 0.15) is 28.1 Å². The number of fused-ring (bicyclic) bond motifs is 4. The molecule has 2 saturated heterocycles. The smallest absolute Gasteiger partial charge is 0.146 e.